The molecule has 1 fully saturated rings. The standard InChI is InChI=1S/C19H39N5O.HI/c1-4-20-19(22-14-12-18(25)24(5-2)6-3)21-13-11-17-23-15-9-7-8-10-16-23;/h4-17H2,1-3H3,(H2,20,21,22);1H. The quantitative estimate of drug-likeness (QED) is 0.218. The Bertz CT molecular complexity index is 380. The van der Waals surface area contributed by atoms with Gasteiger partial charge in [-0.3, -0.25) is 9.79 Å². The maximum absolute atomic E-state index is 12.0. The second-order valence-electron chi connectivity index (χ2n) is 6.61. The fraction of sp³-hybridized carbons (Fsp3) is 0.895. The number of aliphatic imine (C=N–C) groups is 1. The lowest BCUT2D eigenvalue weighted by Crippen LogP contribution is -2.40. The van der Waals surface area contributed by atoms with Crippen LogP contribution in [0.15, 0.2) is 4.99 Å². The van der Waals surface area contributed by atoms with E-state index in [0.29, 0.717) is 13.0 Å². The van der Waals surface area contributed by atoms with E-state index in [1.807, 2.05) is 18.7 Å². The van der Waals surface area contributed by atoms with Crippen molar-refractivity contribution in [2.45, 2.75) is 59.3 Å². The van der Waals surface area contributed by atoms with Crippen LogP contribution in [0.2, 0.25) is 0 Å². The zero-order chi connectivity index (χ0) is 18.3. The third kappa shape index (κ3) is 11.2. The molecule has 1 amide bonds. The molecule has 1 saturated heterocycles. The van der Waals surface area contributed by atoms with Gasteiger partial charge in [0, 0.05) is 39.1 Å². The number of hydrogen-bond donors (Lipinski definition) is 2. The zero-order valence-electron chi connectivity index (χ0n) is 17.1. The van der Waals surface area contributed by atoms with Crippen molar-refractivity contribution in [2.75, 3.05) is 52.4 Å². The van der Waals surface area contributed by atoms with E-state index in [1.54, 1.807) is 0 Å². The molecule has 0 bridgehead atoms. The van der Waals surface area contributed by atoms with Crippen molar-refractivity contribution in [2.24, 2.45) is 4.99 Å². The molecular weight excluding hydrogens is 441 g/mol. The first-order valence-corrected chi connectivity index (χ1v) is 10.2. The predicted molar refractivity (Wildman–Crippen MR) is 121 cm³/mol. The highest BCUT2D eigenvalue weighted by Crippen LogP contribution is 2.09. The molecule has 2 N–H and O–H groups in total. The third-order valence-electron chi connectivity index (χ3n) is 4.69. The Morgan fingerprint density at radius 1 is 1.04 bits per heavy atom. The van der Waals surface area contributed by atoms with Gasteiger partial charge in [0.2, 0.25) is 5.91 Å². The summed E-state index contributed by atoms with van der Waals surface area (Å²) in [6, 6.07) is 0. The molecule has 1 rings (SSSR count). The summed E-state index contributed by atoms with van der Waals surface area (Å²) in [7, 11) is 0. The maximum atomic E-state index is 12.0. The van der Waals surface area contributed by atoms with Crippen LogP contribution in [-0.2, 0) is 4.79 Å². The number of halogens is 1. The summed E-state index contributed by atoms with van der Waals surface area (Å²) in [5, 5.41) is 6.54. The van der Waals surface area contributed by atoms with E-state index < -0.39 is 0 Å². The van der Waals surface area contributed by atoms with Gasteiger partial charge in [-0.15, -0.1) is 24.0 Å². The van der Waals surface area contributed by atoms with Crippen LogP contribution in [0.4, 0.5) is 0 Å². The molecule has 0 aromatic carbocycles. The predicted octanol–water partition coefficient (Wildman–Crippen LogP) is 2.68. The van der Waals surface area contributed by atoms with Crippen LogP contribution in [0.25, 0.3) is 0 Å². The van der Waals surface area contributed by atoms with Crippen LogP contribution in [0.1, 0.15) is 59.3 Å². The number of amides is 1. The SMILES string of the molecule is CCNC(=NCCCN1CCCCCC1)NCCC(=O)N(CC)CC.I. The first-order valence-electron chi connectivity index (χ1n) is 10.2. The first-order chi connectivity index (χ1) is 12.2. The Morgan fingerprint density at radius 3 is 2.27 bits per heavy atom. The number of carbonyl (C=O) groups is 1. The largest absolute Gasteiger partial charge is 0.357 e. The Morgan fingerprint density at radius 2 is 1.69 bits per heavy atom. The van der Waals surface area contributed by atoms with E-state index in [2.05, 4.69) is 27.4 Å². The molecule has 0 saturated carbocycles. The Hall–Kier alpha value is -0.570. The molecule has 6 nitrogen and oxygen atoms in total. The highest BCUT2D eigenvalue weighted by atomic mass is 127. The van der Waals surface area contributed by atoms with Crippen molar-refractivity contribution in [1.82, 2.24) is 20.4 Å². The number of guanidine groups is 1. The summed E-state index contributed by atoms with van der Waals surface area (Å²) in [6.07, 6.45) is 7.06. The van der Waals surface area contributed by atoms with E-state index >= 15 is 0 Å². The van der Waals surface area contributed by atoms with Crippen LogP contribution >= 0.6 is 24.0 Å². The smallest absolute Gasteiger partial charge is 0.224 e. The molecule has 0 aliphatic carbocycles. The third-order valence-corrected chi connectivity index (χ3v) is 4.69. The molecule has 1 aliphatic rings. The average molecular weight is 481 g/mol. The van der Waals surface area contributed by atoms with Crippen molar-refractivity contribution >= 4 is 35.8 Å². The number of hydrogen-bond acceptors (Lipinski definition) is 3. The van der Waals surface area contributed by atoms with Gasteiger partial charge in [0.05, 0.1) is 0 Å². The summed E-state index contributed by atoms with van der Waals surface area (Å²) in [5.41, 5.74) is 0. The molecule has 0 aromatic rings. The van der Waals surface area contributed by atoms with Gasteiger partial charge in [-0.2, -0.15) is 0 Å². The molecule has 0 atom stereocenters. The number of rotatable bonds is 10. The monoisotopic (exact) mass is 481 g/mol. The van der Waals surface area contributed by atoms with Gasteiger partial charge >= 0.3 is 0 Å². The fourth-order valence-corrected chi connectivity index (χ4v) is 3.21. The minimum Gasteiger partial charge on any atom is -0.357 e. The van der Waals surface area contributed by atoms with Crippen LogP contribution in [0.5, 0.6) is 0 Å². The molecule has 0 spiro atoms. The lowest BCUT2D eigenvalue weighted by atomic mass is 10.2. The van der Waals surface area contributed by atoms with Crippen molar-refractivity contribution in [1.29, 1.82) is 0 Å². The minimum absolute atomic E-state index is 0. The van der Waals surface area contributed by atoms with E-state index in [4.69, 9.17) is 0 Å². The van der Waals surface area contributed by atoms with Crippen molar-refractivity contribution in [3.8, 4) is 0 Å². The van der Waals surface area contributed by atoms with Gasteiger partial charge in [-0.1, -0.05) is 12.8 Å². The number of nitrogens with one attached hydrogen (secondary N) is 2. The van der Waals surface area contributed by atoms with Crippen LogP contribution in [0, 0.1) is 0 Å². The summed E-state index contributed by atoms with van der Waals surface area (Å²) in [4.78, 5) is 21.1. The van der Waals surface area contributed by atoms with Crippen molar-refractivity contribution < 1.29 is 4.79 Å². The van der Waals surface area contributed by atoms with Gasteiger partial charge in [-0.05, 0) is 59.7 Å². The average Bonchev–Trinajstić information content (AvgIpc) is 2.88. The maximum Gasteiger partial charge on any atom is 0.224 e. The van der Waals surface area contributed by atoms with Crippen molar-refractivity contribution in [3.63, 3.8) is 0 Å². The highest BCUT2D eigenvalue weighted by molar-refractivity contribution is 14.0. The summed E-state index contributed by atoms with van der Waals surface area (Å²) in [6.45, 7) is 13.6. The van der Waals surface area contributed by atoms with E-state index in [9.17, 15) is 4.79 Å². The summed E-state index contributed by atoms with van der Waals surface area (Å²) < 4.78 is 0. The highest BCUT2D eigenvalue weighted by Gasteiger charge is 2.10. The number of carbonyl (C=O) groups excluding carboxylic acids is 1. The first kappa shape index (κ1) is 25.4. The van der Waals surface area contributed by atoms with Gasteiger partial charge in [0.1, 0.15) is 0 Å². The van der Waals surface area contributed by atoms with Gasteiger partial charge < -0.3 is 20.4 Å². The van der Waals surface area contributed by atoms with Crippen molar-refractivity contribution in [3.05, 3.63) is 0 Å². The van der Waals surface area contributed by atoms with Gasteiger partial charge in [0.25, 0.3) is 0 Å². The number of nitrogens with zero attached hydrogens (tertiary/aromatic N) is 3. The lowest BCUT2D eigenvalue weighted by molar-refractivity contribution is -0.130. The Balaban J connectivity index is 0.00000625. The van der Waals surface area contributed by atoms with Crippen LogP contribution < -0.4 is 10.6 Å². The molecule has 1 heterocycles. The van der Waals surface area contributed by atoms with Gasteiger partial charge in [-0.25, -0.2) is 0 Å². The molecule has 1 aliphatic heterocycles. The molecular formula is C19H40IN5O. The lowest BCUT2D eigenvalue weighted by Gasteiger charge is -2.19. The fourth-order valence-electron chi connectivity index (χ4n) is 3.21. The molecule has 154 valence electrons. The number of likely N-dealkylation sites (tertiary alicyclic amines) is 1. The van der Waals surface area contributed by atoms with E-state index in [1.165, 1.54) is 38.8 Å². The minimum atomic E-state index is 0. The molecule has 0 unspecified atom stereocenters. The summed E-state index contributed by atoms with van der Waals surface area (Å²) >= 11 is 0. The van der Waals surface area contributed by atoms with Crippen LogP contribution in [0.3, 0.4) is 0 Å². The zero-order valence-corrected chi connectivity index (χ0v) is 19.4. The van der Waals surface area contributed by atoms with E-state index in [-0.39, 0.29) is 29.9 Å². The second-order valence-corrected chi connectivity index (χ2v) is 6.61. The topological polar surface area (TPSA) is 60.0 Å². The molecule has 7 heteroatoms. The molecule has 0 radical (unpaired) electrons. The summed E-state index contributed by atoms with van der Waals surface area (Å²) in [5.74, 6) is 1.03. The normalized spacial score (nSPS) is 15.7. The molecule has 26 heavy (non-hydrogen) atoms. The Labute approximate surface area is 177 Å². The van der Waals surface area contributed by atoms with Gasteiger partial charge in [0.15, 0.2) is 5.96 Å². The van der Waals surface area contributed by atoms with E-state index in [0.717, 1.165) is 45.1 Å². The molecule has 0 aromatic heterocycles. The van der Waals surface area contributed by atoms with Crippen LogP contribution in [-0.4, -0.2) is 74.0 Å². The second kappa shape index (κ2) is 16.6. The Kier molecular flexibility index (Phi) is 16.2.